The summed E-state index contributed by atoms with van der Waals surface area (Å²) >= 11 is 4.81. The first-order valence-corrected chi connectivity index (χ1v) is 18.1. The lowest BCUT2D eigenvalue weighted by Crippen LogP contribution is -2.51. The molecule has 272 valence electrons. The molecular formula is C36H39F2N9O4S. The van der Waals surface area contributed by atoms with Gasteiger partial charge < -0.3 is 9.73 Å². The number of carbonyl (C=O) groups is 3. The number of rotatable bonds is 11. The van der Waals surface area contributed by atoms with Crippen molar-refractivity contribution in [2.75, 3.05) is 29.9 Å². The van der Waals surface area contributed by atoms with Crippen LogP contribution >= 0.6 is 12.6 Å². The van der Waals surface area contributed by atoms with Gasteiger partial charge in [0.1, 0.15) is 12.1 Å². The van der Waals surface area contributed by atoms with Gasteiger partial charge in [-0.1, -0.05) is 18.2 Å². The SMILES string of the molecule is O=C1CCC(N2Cc3cc(CN4CCC(n5cc(N(C(=O)c6cocn6)c6ccnc(NCC7CC7)c6)c(C(F)F)n5)CC4)ccc3C2S)C(=O)N1. The Morgan fingerprint density at radius 3 is 2.65 bits per heavy atom. The standard InChI is InChI=1S/C36H39F2N9O4S/c37-33(38)32-29(47(35(50)27-19-51-20-41-27)25-7-10-39-30(14-25)40-15-21-1-2-21)18-46(43-32)24-8-11-44(12-9-24)16-22-3-4-26-23(13-22)17-45(36(26)52)28-5-6-31(48)42-34(28)49/h3-4,7,10,13-14,18-21,24,28,33,36,52H,1-2,5-6,8-9,11-12,15-17H2,(H,39,40)(H,42,48,49). The summed E-state index contributed by atoms with van der Waals surface area (Å²) in [7, 11) is 0. The summed E-state index contributed by atoms with van der Waals surface area (Å²) in [6, 6.07) is 9.05. The maximum Gasteiger partial charge on any atom is 0.284 e. The van der Waals surface area contributed by atoms with E-state index in [0.717, 1.165) is 55.6 Å². The van der Waals surface area contributed by atoms with Gasteiger partial charge in [-0.2, -0.15) is 17.7 Å². The topological polar surface area (TPSA) is 142 Å². The predicted molar refractivity (Wildman–Crippen MR) is 189 cm³/mol. The van der Waals surface area contributed by atoms with Crippen molar-refractivity contribution in [2.24, 2.45) is 5.92 Å². The molecule has 2 saturated heterocycles. The van der Waals surface area contributed by atoms with E-state index in [1.807, 2.05) is 4.90 Å². The lowest BCUT2D eigenvalue weighted by Gasteiger charge is -2.32. The van der Waals surface area contributed by atoms with Crippen molar-refractivity contribution in [3.8, 4) is 0 Å². The summed E-state index contributed by atoms with van der Waals surface area (Å²) in [4.78, 5) is 52.0. The van der Waals surface area contributed by atoms with E-state index in [1.54, 1.807) is 29.2 Å². The van der Waals surface area contributed by atoms with Crippen molar-refractivity contribution < 1.29 is 27.6 Å². The summed E-state index contributed by atoms with van der Waals surface area (Å²) in [6.07, 6.45) is 6.93. The first kappa shape index (κ1) is 34.4. The van der Waals surface area contributed by atoms with Crippen molar-refractivity contribution >= 4 is 47.5 Å². The molecule has 16 heteroatoms. The second kappa shape index (κ2) is 14.4. The van der Waals surface area contributed by atoms with Gasteiger partial charge in [-0.3, -0.25) is 39.1 Å². The van der Waals surface area contributed by atoms with E-state index < -0.39 is 24.1 Å². The third-order valence-electron chi connectivity index (χ3n) is 10.4. The minimum atomic E-state index is -2.93. The van der Waals surface area contributed by atoms with E-state index in [-0.39, 0.29) is 34.6 Å². The zero-order valence-corrected chi connectivity index (χ0v) is 29.2. The van der Waals surface area contributed by atoms with Crippen LogP contribution in [0.25, 0.3) is 0 Å². The summed E-state index contributed by atoms with van der Waals surface area (Å²) in [5.74, 6) is -0.00384. The molecule has 8 rings (SSSR count). The Morgan fingerprint density at radius 1 is 1.10 bits per heavy atom. The molecule has 1 aromatic carbocycles. The Balaban J connectivity index is 0.966. The fourth-order valence-corrected chi connectivity index (χ4v) is 7.92. The second-order valence-electron chi connectivity index (χ2n) is 14.0. The van der Waals surface area contributed by atoms with Crippen molar-refractivity contribution in [1.29, 1.82) is 0 Å². The predicted octanol–water partition coefficient (Wildman–Crippen LogP) is 5.39. The Kier molecular flexibility index (Phi) is 9.53. The number of amides is 3. The summed E-state index contributed by atoms with van der Waals surface area (Å²) < 4.78 is 35.9. The highest BCUT2D eigenvalue weighted by Crippen LogP contribution is 2.41. The summed E-state index contributed by atoms with van der Waals surface area (Å²) in [6.45, 7) is 3.48. The molecule has 6 heterocycles. The van der Waals surface area contributed by atoms with Crippen LogP contribution < -0.4 is 15.5 Å². The molecule has 13 nitrogen and oxygen atoms in total. The molecule has 0 radical (unpaired) electrons. The average molecular weight is 732 g/mol. The summed E-state index contributed by atoms with van der Waals surface area (Å²) in [5, 5.41) is 9.87. The molecule has 3 fully saturated rings. The van der Waals surface area contributed by atoms with E-state index in [4.69, 9.17) is 17.0 Å². The number of nitrogens with zero attached hydrogens (tertiary/aromatic N) is 7. The van der Waals surface area contributed by atoms with Crippen LogP contribution in [-0.2, 0) is 22.7 Å². The highest BCUT2D eigenvalue weighted by Gasteiger charge is 2.39. The fourth-order valence-electron chi connectivity index (χ4n) is 7.42. The number of halogens is 2. The number of pyridine rings is 1. The maximum absolute atomic E-state index is 14.7. The maximum atomic E-state index is 14.7. The van der Waals surface area contributed by atoms with Gasteiger partial charge in [0.25, 0.3) is 12.3 Å². The van der Waals surface area contributed by atoms with Gasteiger partial charge in [-0.05, 0) is 60.8 Å². The number of benzene rings is 1. The molecular weight excluding hydrogens is 693 g/mol. The Morgan fingerprint density at radius 2 is 1.92 bits per heavy atom. The number of fused-ring (bicyclic) bond motifs is 1. The Hall–Kier alpha value is -4.67. The number of piperidine rings is 2. The number of carbonyl (C=O) groups excluding carboxylic acids is 3. The number of anilines is 3. The van der Waals surface area contributed by atoms with E-state index in [0.29, 0.717) is 56.2 Å². The molecule has 2 N–H and O–H groups in total. The zero-order valence-electron chi connectivity index (χ0n) is 28.3. The minimum absolute atomic E-state index is 0.0169. The smallest absolute Gasteiger partial charge is 0.284 e. The molecule has 0 spiro atoms. The number of likely N-dealkylation sites (tertiary alicyclic amines) is 1. The molecule has 4 aliphatic rings. The number of hydrogen-bond donors (Lipinski definition) is 3. The van der Waals surface area contributed by atoms with Gasteiger partial charge in [0, 0.05) is 57.6 Å². The molecule has 52 heavy (non-hydrogen) atoms. The summed E-state index contributed by atoms with van der Waals surface area (Å²) in [5.41, 5.74) is 3.14. The number of nitrogens with one attached hydrogen (secondary N) is 2. The second-order valence-corrected chi connectivity index (χ2v) is 14.5. The van der Waals surface area contributed by atoms with Crippen LogP contribution in [-0.4, -0.2) is 72.9 Å². The minimum Gasteiger partial charge on any atom is -0.451 e. The van der Waals surface area contributed by atoms with Gasteiger partial charge in [0.15, 0.2) is 17.8 Å². The number of hydrogen-bond acceptors (Lipinski definition) is 11. The van der Waals surface area contributed by atoms with Crippen LogP contribution in [0.4, 0.5) is 26.0 Å². The lowest BCUT2D eigenvalue weighted by atomic mass is 10.0. The quantitative estimate of drug-likeness (QED) is 0.136. The van der Waals surface area contributed by atoms with Crippen molar-refractivity contribution in [3.05, 3.63) is 83.5 Å². The van der Waals surface area contributed by atoms with Crippen LogP contribution in [0, 0.1) is 5.92 Å². The van der Waals surface area contributed by atoms with Gasteiger partial charge in [0.2, 0.25) is 11.8 Å². The van der Waals surface area contributed by atoms with E-state index in [1.165, 1.54) is 11.2 Å². The highest BCUT2D eigenvalue weighted by molar-refractivity contribution is 7.80. The van der Waals surface area contributed by atoms with Crippen LogP contribution in [0.3, 0.4) is 0 Å². The number of alkyl halides is 2. The largest absolute Gasteiger partial charge is 0.451 e. The molecule has 1 aliphatic carbocycles. The van der Waals surface area contributed by atoms with E-state index in [2.05, 4.69) is 48.8 Å². The van der Waals surface area contributed by atoms with Crippen LogP contribution in [0.2, 0.25) is 0 Å². The van der Waals surface area contributed by atoms with Crippen molar-refractivity contribution in [3.63, 3.8) is 0 Å². The van der Waals surface area contributed by atoms with Gasteiger partial charge in [-0.25, -0.2) is 18.7 Å². The molecule has 2 atom stereocenters. The van der Waals surface area contributed by atoms with Crippen molar-refractivity contribution in [2.45, 2.75) is 75.5 Å². The monoisotopic (exact) mass is 731 g/mol. The fraction of sp³-hybridized carbons (Fsp3) is 0.444. The molecule has 3 aliphatic heterocycles. The molecule has 2 unspecified atom stereocenters. The van der Waals surface area contributed by atoms with Crippen molar-refractivity contribution in [1.82, 2.24) is 34.9 Å². The highest BCUT2D eigenvalue weighted by atomic mass is 32.1. The van der Waals surface area contributed by atoms with Crippen LogP contribution in [0.1, 0.15) is 89.2 Å². The first-order chi connectivity index (χ1) is 25.2. The van der Waals surface area contributed by atoms with E-state index in [9.17, 15) is 23.2 Å². The van der Waals surface area contributed by atoms with Gasteiger partial charge in [-0.15, -0.1) is 0 Å². The molecule has 4 aromatic rings. The van der Waals surface area contributed by atoms with Crippen LogP contribution in [0.15, 0.2) is 59.8 Å². The molecule has 1 saturated carbocycles. The van der Waals surface area contributed by atoms with E-state index >= 15 is 0 Å². The zero-order chi connectivity index (χ0) is 35.9. The first-order valence-electron chi connectivity index (χ1n) is 17.6. The van der Waals surface area contributed by atoms with Gasteiger partial charge in [0.05, 0.1) is 28.8 Å². The molecule has 3 amide bonds. The molecule has 0 bridgehead atoms. The Labute approximate surface area is 304 Å². The number of imide groups is 1. The number of oxazole rings is 1. The number of thiol groups is 1. The Bertz CT molecular complexity index is 1960. The van der Waals surface area contributed by atoms with Crippen LogP contribution in [0.5, 0.6) is 0 Å². The lowest BCUT2D eigenvalue weighted by molar-refractivity contribution is -0.137. The van der Waals surface area contributed by atoms with Gasteiger partial charge >= 0.3 is 0 Å². The average Bonchev–Trinajstić information content (AvgIpc) is 3.46. The number of aromatic nitrogens is 4. The molecule has 3 aromatic heterocycles. The third kappa shape index (κ3) is 7.06. The normalized spacial score (nSPS) is 21.4. The third-order valence-corrected chi connectivity index (χ3v) is 11.0.